The number of furan rings is 1. The molecule has 0 fully saturated rings. The zero-order chi connectivity index (χ0) is 17.2. The van der Waals surface area contributed by atoms with Crippen LogP contribution in [0.25, 0.3) is 0 Å². The molecule has 24 heavy (non-hydrogen) atoms. The van der Waals surface area contributed by atoms with E-state index in [2.05, 4.69) is 10.6 Å². The van der Waals surface area contributed by atoms with E-state index in [9.17, 15) is 14.4 Å². The van der Waals surface area contributed by atoms with Gasteiger partial charge in [-0.2, -0.15) is 0 Å². The molecule has 0 saturated heterocycles. The van der Waals surface area contributed by atoms with Crippen molar-refractivity contribution in [1.82, 2.24) is 10.6 Å². The smallest absolute Gasteiger partial charge is 0.321 e. The van der Waals surface area contributed by atoms with E-state index in [1.807, 2.05) is 30.3 Å². The van der Waals surface area contributed by atoms with E-state index < -0.39 is 24.5 Å². The topological polar surface area (TPSA) is 97.6 Å². The van der Waals surface area contributed by atoms with E-state index in [1.165, 1.54) is 6.26 Å². The van der Waals surface area contributed by atoms with E-state index in [4.69, 9.17) is 9.15 Å². The fraction of sp³-hybridized carbons (Fsp3) is 0.235. The van der Waals surface area contributed by atoms with Crippen LogP contribution in [-0.4, -0.2) is 24.5 Å². The molecule has 2 rings (SSSR count). The van der Waals surface area contributed by atoms with Crippen LogP contribution in [0.5, 0.6) is 0 Å². The van der Waals surface area contributed by atoms with Crippen LogP contribution in [0.4, 0.5) is 4.79 Å². The number of nitrogens with one attached hydrogen (secondary N) is 2. The predicted octanol–water partition coefficient (Wildman–Crippen LogP) is 1.78. The number of hydrogen-bond acceptors (Lipinski definition) is 5. The molecule has 0 aliphatic heterocycles. The molecule has 126 valence electrons. The van der Waals surface area contributed by atoms with E-state index >= 15 is 0 Å². The highest BCUT2D eigenvalue weighted by Crippen LogP contribution is 2.03. The van der Waals surface area contributed by atoms with Gasteiger partial charge >= 0.3 is 12.0 Å². The molecule has 2 N–H and O–H groups in total. The van der Waals surface area contributed by atoms with Crippen molar-refractivity contribution >= 4 is 17.9 Å². The summed E-state index contributed by atoms with van der Waals surface area (Å²) in [5.74, 6) is -0.630. The SMILES string of the molecule is O=C(COC(=O)CCc1ccccc1)NC(=O)NCc1ccco1. The number of rotatable bonds is 7. The molecule has 2 aromatic rings. The lowest BCUT2D eigenvalue weighted by Crippen LogP contribution is -2.41. The third kappa shape index (κ3) is 6.35. The average Bonchev–Trinajstić information content (AvgIpc) is 3.11. The first-order valence-corrected chi connectivity index (χ1v) is 7.43. The van der Waals surface area contributed by atoms with Crippen molar-refractivity contribution in [2.45, 2.75) is 19.4 Å². The Balaban J connectivity index is 1.59. The van der Waals surface area contributed by atoms with Crippen molar-refractivity contribution in [1.29, 1.82) is 0 Å². The number of esters is 1. The van der Waals surface area contributed by atoms with Gasteiger partial charge in [0.05, 0.1) is 12.8 Å². The highest BCUT2D eigenvalue weighted by molar-refractivity contribution is 5.95. The Morgan fingerprint density at radius 1 is 1.04 bits per heavy atom. The van der Waals surface area contributed by atoms with Gasteiger partial charge in [-0.3, -0.25) is 14.9 Å². The number of hydrogen-bond donors (Lipinski definition) is 2. The maximum Gasteiger partial charge on any atom is 0.321 e. The molecule has 1 heterocycles. The quantitative estimate of drug-likeness (QED) is 0.754. The van der Waals surface area contributed by atoms with Crippen LogP contribution in [0.3, 0.4) is 0 Å². The van der Waals surface area contributed by atoms with Gasteiger partial charge in [0, 0.05) is 6.42 Å². The second-order valence-electron chi connectivity index (χ2n) is 4.96. The Labute approximate surface area is 139 Å². The summed E-state index contributed by atoms with van der Waals surface area (Å²) in [6.45, 7) is -0.342. The van der Waals surface area contributed by atoms with Gasteiger partial charge < -0.3 is 14.5 Å². The monoisotopic (exact) mass is 330 g/mol. The summed E-state index contributed by atoms with van der Waals surface area (Å²) >= 11 is 0. The van der Waals surface area contributed by atoms with E-state index in [0.717, 1.165) is 5.56 Å². The van der Waals surface area contributed by atoms with Crippen molar-refractivity contribution in [2.24, 2.45) is 0 Å². The van der Waals surface area contributed by atoms with E-state index in [0.29, 0.717) is 12.2 Å². The minimum Gasteiger partial charge on any atom is -0.467 e. The lowest BCUT2D eigenvalue weighted by Gasteiger charge is -2.07. The van der Waals surface area contributed by atoms with Crippen LogP contribution in [0.2, 0.25) is 0 Å². The number of urea groups is 1. The predicted molar refractivity (Wildman–Crippen MR) is 84.8 cm³/mol. The fourth-order valence-corrected chi connectivity index (χ4v) is 1.90. The third-order valence-corrected chi connectivity index (χ3v) is 3.08. The van der Waals surface area contributed by atoms with Crippen molar-refractivity contribution in [3.8, 4) is 0 Å². The Morgan fingerprint density at radius 2 is 1.83 bits per heavy atom. The molecule has 0 spiro atoms. The molecule has 0 bridgehead atoms. The highest BCUT2D eigenvalue weighted by Gasteiger charge is 2.11. The van der Waals surface area contributed by atoms with Crippen LogP contribution >= 0.6 is 0 Å². The van der Waals surface area contributed by atoms with E-state index in [1.54, 1.807) is 12.1 Å². The van der Waals surface area contributed by atoms with Gasteiger partial charge in [0.2, 0.25) is 0 Å². The first kappa shape index (κ1) is 17.3. The highest BCUT2D eigenvalue weighted by atomic mass is 16.5. The van der Waals surface area contributed by atoms with Crippen molar-refractivity contribution in [2.75, 3.05) is 6.61 Å². The first-order chi connectivity index (χ1) is 11.6. The summed E-state index contributed by atoms with van der Waals surface area (Å²) < 4.78 is 9.86. The van der Waals surface area contributed by atoms with Crippen LogP contribution in [0.1, 0.15) is 17.7 Å². The number of carbonyl (C=O) groups is 3. The molecule has 3 amide bonds. The number of carbonyl (C=O) groups excluding carboxylic acids is 3. The Hall–Kier alpha value is -3.09. The summed E-state index contributed by atoms with van der Waals surface area (Å²) in [5.41, 5.74) is 1.01. The second-order valence-corrected chi connectivity index (χ2v) is 4.96. The fourth-order valence-electron chi connectivity index (χ4n) is 1.90. The number of imide groups is 1. The Morgan fingerprint density at radius 3 is 2.54 bits per heavy atom. The minimum atomic E-state index is -0.694. The molecule has 7 heteroatoms. The van der Waals surface area contributed by atoms with Gasteiger partial charge in [-0.25, -0.2) is 4.79 Å². The molecular weight excluding hydrogens is 312 g/mol. The summed E-state index contributed by atoms with van der Waals surface area (Å²) in [6.07, 6.45) is 2.18. The van der Waals surface area contributed by atoms with E-state index in [-0.39, 0.29) is 13.0 Å². The third-order valence-electron chi connectivity index (χ3n) is 3.08. The van der Waals surface area contributed by atoms with Gasteiger partial charge in [0.25, 0.3) is 5.91 Å². The number of ether oxygens (including phenoxy) is 1. The molecule has 0 aliphatic carbocycles. The Bertz CT molecular complexity index is 668. The molecule has 0 unspecified atom stereocenters. The maximum atomic E-state index is 11.6. The number of benzene rings is 1. The van der Waals surface area contributed by atoms with Crippen LogP contribution in [0.15, 0.2) is 53.1 Å². The minimum absolute atomic E-state index is 0.156. The average molecular weight is 330 g/mol. The summed E-state index contributed by atoms with van der Waals surface area (Å²) in [7, 11) is 0. The molecule has 0 radical (unpaired) electrons. The Kier molecular flexibility index (Phi) is 6.58. The first-order valence-electron chi connectivity index (χ1n) is 7.43. The largest absolute Gasteiger partial charge is 0.467 e. The number of amides is 3. The lowest BCUT2D eigenvalue weighted by molar-refractivity contribution is -0.148. The molecule has 1 aromatic heterocycles. The van der Waals surface area contributed by atoms with Crippen LogP contribution < -0.4 is 10.6 Å². The van der Waals surface area contributed by atoms with Gasteiger partial charge in [-0.15, -0.1) is 0 Å². The maximum absolute atomic E-state index is 11.6. The van der Waals surface area contributed by atoms with Crippen molar-refractivity contribution in [3.05, 3.63) is 60.1 Å². The van der Waals surface area contributed by atoms with Gasteiger partial charge in [-0.05, 0) is 24.1 Å². The van der Waals surface area contributed by atoms with Crippen LogP contribution in [-0.2, 0) is 27.3 Å². The molecule has 0 atom stereocenters. The summed E-state index contributed by atoms with van der Waals surface area (Å²) in [4.78, 5) is 34.6. The molecule has 1 aromatic carbocycles. The van der Waals surface area contributed by atoms with Crippen molar-refractivity contribution < 1.29 is 23.5 Å². The molecule has 7 nitrogen and oxygen atoms in total. The molecule has 0 aliphatic rings. The second kappa shape index (κ2) is 9.14. The zero-order valence-electron chi connectivity index (χ0n) is 13.0. The molecular formula is C17H18N2O5. The van der Waals surface area contributed by atoms with Gasteiger partial charge in [0.1, 0.15) is 5.76 Å². The van der Waals surface area contributed by atoms with Gasteiger partial charge in [0.15, 0.2) is 6.61 Å². The molecule has 0 saturated carbocycles. The lowest BCUT2D eigenvalue weighted by atomic mass is 10.1. The summed E-state index contributed by atoms with van der Waals surface area (Å²) in [5, 5.41) is 4.51. The number of aryl methyl sites for hydroxylation is 1. The van der Waals surface area contributed by atoms with Crippen LogP contribution in [0, 0.1) is 0 Å². The standard InChI is InChI=1S/C17H18N2O5/c20-15(19-17(22)18-11-14-7-4-10-23-14)12-24-16(21)9-8-13-5-2-1-3-6-13/h1-7,10H,8-9,11-12H2,(H2,18,19,20,22). The van der Waals surface area contributed by atoms with Gasteiger partial charge in [-0.1, -0.05) is 30.3 Å². The zero-order valence-corrected chi connectivity index (χ0v) is 13.0. The normalized spacial score (nSPS) is 10.0. The summed E-state index contributed by atoms with van der Waals surface area (Å²) in [6, 6.07) is 12.2. The van der Waals surface area contributed by atoms with Crippen molar-refractivity contribution in [3.63, 3.8) is 0 Å².